The number of ether oxygens (including phenoxy) is 2. The van der Waals surface area contributed by atoms with Crippen molar-refractivity contribution in [2.75, 3.05) is 24.8 Å². The SMILES string of the molecule is COc1cc(-n2c(=O)n(-c3ccc(N(C)C(=O)OC(C)(C)C)cc3)c3ncnc(N)c32)ccc1C. The van der Waals surface area contributed by atoms with E-state index in [4.69, 9.17) is 15.2 Å². The number of carbonyl (C=O) groups excluding carboxylic acids is 1. The molecule has 0 aliphatic carbocycles. The van der Waals surface area contributed by atoms with Crippen LogP contribution < -0.4 is 21.1 Å². The zero-order valence-corrected chi connectivity index (χ0v) is 20.6. The van der Waals surface area contributed by atoms with Crippen molar-refractivity contribution in [2.45, 2.75) is 33.3 Å². The summed E-state index contributed by atoms with van der Waals surface area (Å²) in [4.78, 5) is 35.9. The Morgan fingerprint density at radius 2 is 1.69 bits per heavy atom. The van der Waals surface area contributed by atoms with Crippen LogP contribution in [0.2, 0.25) is 0 Å². The van der Waals surface area contributed by atoms with Crippen molar-refractivity contribution in [1.82, 2.24) is 19.1 Å². The van der Waals surface area contributed by atoms with E-state index in [1.54, 1.807) is 65.3 Å². The Bertz CT molecular complexity index is 1460. The largest absolute Gasteiger partial charge is 0.496 e. The molecule has 182 valence electrons. The number of aryl methyl sites for hydroxylation is 1. The number of amides is 1. The second kappa shape index (κ2) is 8.79. The number of hydrogen-bond acceptors (Lipinski definition) is 7. The number of carbonyl (C=O) groups is 1. The lowest BCUT2D eigenvalue weighted by atomic mass is 10.2. The van der Waals surface area contributed by atoms with Gasteiger partial charge in [0.25, 0.3) is 0 Å². The number of nitrogens with zero attached hydrogens (tertiary/aromatic N) is 5. The molecule has 4 rings (SSSR count). The van der Waals surface area contributed by atoms with Gasteiger partial charge in [-0.3, -0.25) is 9.47 Å². The van der Waals surface area contributed by atoms with Crippen LogP contribution in [0.25, 0.3) is 22.5 Å². The van der Waals surface area contributed by atoms with Crippen molar-refractivity contribution < 1.29 is 14.3 Å². The first-order valence-corrected chi connectivity index (χ1v) is 11.0. The maximum Gasteiger partial charge on any atom is 0.414 e. The second-order valence-corrected chi connectivity index (χ2v) is 9.09. The number of hydrogen-bond donors (Lipinski definition) is 1. The molecule has 4 aromatic rings. The van der Waals surface area contributed by atoms with Gasteiger partial charge >= 0.3 is 11.8 Å². The van der Waals surface area contributed by atoms with Gasteiger partial charge < -0.3 is 15.2 Å². The summed E-state index contributed by atoms with van der Waals surface area (Å²) in [5.74, 6) is 0.812. The van der Waals surface area contributed by atoms with Gasteiger partial charge in [0.1, 0.15) is 23.2 Å². The molecule has 1 amide bonds. The number of nitrogens with two attached hydrogens (primary N) is 1. The van der Waals surface area contributed by atoms with Gasteiger partial charge in [-0.15, -0.1) is 0 Å². The number of benzene rings is 2. The van der Waals surface area contributed by atoms with Gasteiger partial charge in [0, 0.05) is 18.8 Å². The molecule has 2 aromatic carbocycles. The topological polar surface area (TPSA) is 118 Å². The molecule has 35 heavy (non-hydrogen) atoms. The first kappa shape index (κ1) is 23.8. The summed E-state index contributed by atoms with van der Waals surface area (Å²) in [5, 5.41) is 0. The van der Waals surface area contributed by atoms with Crippen LogP contribution in [0.4, 0.5) is 16.3 Å². The summed E-state index contributed by atoms with van der Waals surface area (Å²) in [6.07, 6.45) is 0.839. The van der Waals surface area contributed by atoms with E-state index in [1.807, 2.05) is 19.1 Å². The molecule has 0 bridgehead atoms. The smallest absolute Gasteiger partial charge is 0.414 e. The van der Waals surface area contributed by atoms with Crippen molar-refractivity contribution >= 4 is 28.8 Å². The van der Waals surface area contributed by atoms with E-state index in [1.165, 1.54) is 20.4 Å². The zero-order chi connectivity index (χ0) is 25.5. The minimum Gasteiger partial charge on any atom is -0.496 e. The number of aromatic nitrogens is 4. The van der Waals surface area contributed by atoms with E-state index in [0.717, 1.165) is 5.56 Å². The quantitative estimate of drug-likeness (QED) is 0.475. The third kappa shape index (κ3) is 4.42. The second-order valence-electron chi connectivity index (χ2n) is 9.09. The molecule has 0 saturated carbocycles. The minimum absolute atomic E-state index is 0.173. The number of fused-ring (bicyclic) bond motifs is 1. The zero-order valence-electron chi connectivity index (χ0n) is 20.6. The van der Waals surface area contributed by atoms with E-state index < -0.39 is 11.7 Å². The number of anilines is 2. The Morgan fingerprint density at radius 1 is 1.03 bits per heavy atom. The highest BCUT2D eigenvalue weighted by molar-refractivity contribution is 5.88. The standard InChI is InChI=1S/C25H28N6O4/c1-15-7-8-18(13-19(15)34-6)30-20-21(26)27-14-28-22(20)31(23(30)32)17-11-9-16(10-12-17)29(5)24(33)35-25(2,3)4/h7-14H,1-6H3,(H2,26,27,28). The maximum absolute atomic E-state index is 13.7. The molecule has 10 heteroatoms. The van der Waals surface area contributed by atoms with Gasteiger partial charge in [0.15, 0.2) is 11.5 Å². The molecule has 0 aliphatic rings. The number of nitrogen functional groups attached to an aromatic ring is 1. The molecular weight excluding hydrogens is 448 g/mol. The third-order valence-corrected chi connectivity index (χ3v) is 5.46. The summed E-state index contributed by atoms with van der Waals surface area (Å²) in [5.41, 5.74) is 8.62. The van der Waals surface area contributed by atoms with Gasteiger partial charge in [0.05, 0.1) is 18.5 Å². The molecular formula is C25H28N6O4. The number of imidazole rings is 1. The van der Waals surface area contributed by atoms with Crippen LogP contribution in [0.15, 0.2) is 53.6 Å². The van der Waals surface area contributed by atoms with Gasteiger partial charge in [-0.25, -0.2) is 24.1 Å². The van der Waals surface area contributed by atoms with Crippen LogP contribution in [0, 0.1) is 6.92 Å². The Balaban J connectivity index is 1.83. The van der Waals surface area contributed by atoms with Crippen LogP contribution in [0.3, 0.4) is 0 Å². The lowest BCUT2D eigenvalue weighted by Gasteiger charge is -2.24. The molecule has 0 spiro atoms. The van der Waals surface area contributed by atoms with Crippen LogP contribution in [-0.4, -0.2) is 45.0 Å². The van der Waals surface area contributed by atoms with Crippen molar-refractivity contribution in [3.8, 4) is 17.1 Å². The molecule has 0 atom stereocenters. The Kier molecular flexibility index (Phi) is 5.98. The van der Waals surface area contributed by atoms with E-state index in [2.05, 4.69) is 9.97 Å². The van der Waals surface area contributed by atoms with Crippen molar-refractivity contribution in [3.05, 3.63) is 64.8 Å². The molecule has 0 radical (unpaired) electrons. The van der Waals surface area contributed by atoms with Crippen LogP contribution in [0.1, 0.15) is 26.3 Å². The highest BCUT2D eigenvalue weighted by atomic mass is 16.6. The number of rotatable bonds is 4. The van der Waals surface area contributed by atoms with Gasteiger partial charge in [-0.2, -0.15) is 0 Å². The van der Waals surface area contributed by atoms with Gasteiger partial charge in [-0.05, 0) is 63.6 Å². The fraction of sp³-hybridized carbons (Fsp3) is 0.280. The van der Waals surface area contributed by atoms with E-state index in [-0.39, 0.29) is 11.5 Å². The van der Waals surface area contributed by atoms with Crippen molar-refractivity contribution in [3.63, 3.8) is 0 Å². The number of methoxy groups -OCH3 is 1. The summed E-state index contributed by atoms with van der Waals surface area (Å²) in [7, 11) is 3.20. The van der Waals surface area contributed by atoms with Crippen molar-refractivity contribution in [2.24, 2.45) is 0 Å². The molecule has 2 N–H and O–H groups in total. The Labute approximate surface area is 202 Å². The minimum atomic E-state index is -0.612. The first-order valence-electron chi connectivity index (χ1n) is 11.0. The van der Waals surface area contributed by atoms with Crippen molar-refractivity contribution in [1.29, 1.82) is 0 Å². The summed E-state index contributed by atoms with van der Waals surface area (Å²) < 4.78 is 13.8. The normalized spacial score (nSPS) is 11.5. The van der Waals surface area contributed by atoms with Crippen LogP contribution in [0.5, 0.6) is 5.75 Å². The lowest BCUT2D eigenvalue weighted by Crippen LogP contribution is -2.34. The van der Waals surface area contributed by atoms with E-state index >= 15 is 0 Å². The van der Waals surface area contributed by atoms with Crippen LogP contribution >= 0.6 is 0 Å². The Morgan fingerprint density at radius 3 is 2.31 bits per heavy atom. The van der Waals surface area contributed by atoms with Gasteiger partial charge in [-0.1, -0.05) is 6.07 Å². The Hall–Kier alpha value is -4.34. The first-order chi connectivity index (χ1) is 16.5. The fourth-order valence-corrected chi connectivity index (χ4v) is 3.73. The predicted molar refractivity (Wildman–Crippen MR) is 135 cm³/mol. The predicted octanol–water partition coefficient (Wildman–Crippen LogP) is 3.84. The monoisotopic (exact) mass is 476 g/mol. The third-order valence-electron chi connectivity index (χ3n) is 5.46. The summed E-state index contributed by atoms with van der Waals surface area (Å²) in [6.45, 7) is 7.34. The molecule has 0 saturated heterocycles. The molecule has 0 unspecified atom stereocenters. The molecule has 2 aromatic heterocycles. The molecule has 2 heterocycles. The lowest BCUT2D eigenvalue weighted by molar-refractivity contribution is 0.0589. The highest BCUT2D eigenvalue weighted by Gasteiger charge is 2.23. The van der Waals surface area contributed by atoms with Gasteiger partial charge in [0.2, 0.25) is 0 Å². The fourth-order valence-electron chi connectivity index (χ4n) is 3.73. The van der Waals surface area contributed by atoms with E-state index in [0.29, 0.717) is 34.0 Å². The highest BCUT2D eigenvalue weighted by Crippen LogP contribution is 2.27. The molecule has 0 aliphatic heterocycles. The maximum atomic E-state index is 13.7. The van der Waals surface area contributed by atoms with Crippen LogP contribution in [-0.2, 0) is 4.74 Å². The average Bonchev–Trinajstić information content (AvgIpc) is 3.11. The molecule has 0 fully saturated rings. The summed E-state index contributed by atoms with van der Waals surface area (Å²) >= 11 is 0. The summed E-state index contributed by atoms with van der Waals surface area (Å²) in [6, 6.07) is 12.4. The van der Waals surface area contributed by atoms with E-state index in [9.17, 15) is 9.59 Å². The average molecular weight is 477 g/mol. The molecule has 10 nitrogen and oxygen atoms in total.